The van der Waals surface area contributed by atoms with Gasteiger partial charge in [0.2, 0.25) is 0 Å². The van der Waals surface area contributed by atoms with Crippen LogP contribution in [0.2, 0.25) is 0 Å². The largest absolute Gasteiger partial charge is 0.405 e. The minimum absolute atomic E-state index is 0.338. The average Bonchev–Trinajstić information content (AvgIpc) is 2.55. The molecule has 0 aromatic carbocycles. The Morgan fingerprint density at radius 1 is 1.64 bits per heavy atom. The molecule has 8 heteroatoms. The third-order valence-electron chi connectivity index (χ3n) is 1.26. The fourth-order valence-corrected chi connectivity index (χ4v) is 2.15. The second-order valence-electron chi connectivity index (χ2n) is 2.24. The van der Waals surface area contributed by atoms with Crippen LogP contribution in [-0.2, 0) is 0 Å². The molecular weight excluding hydrogens is 235 g/mol. The van der Waals surface area contributed by atoms with Gasteiger partial charge in [-0.15, -0.1) is 10.2 Å². The van der Waals surface area contributed by atoms with Crippen molar-refractivity contribution in [1.29, 1.82) is 5.26 Å². The average molecular weight is 239 g/mol. The number of thioether (sulfide) groups is 1. The van der Waals surface area contributed by atoms with Crippen molar-refractivity contribution < 1.29 is 13.2 Å². The molecule has 0 saturated carbocycles. The minimum atomic E-state index is -4.47. The van der Waals surface area contributed by atoms with Crippen molar-refractivity contribution in [2.75, 3.05) is 5.75 Å². The zero-order valence-electron chi connectivity index (χ0n) is 6.65. The fraction of sp³-hybridized carbons (Fsp3) is 0.500. The molecule has 3 nitrogen and oxygen atoms in total. The van der Waals surface area contributed by atoms with E-state index in [4.69, 9.17) is 5.26 Å². The number of rotatable bonds is 3. The molecule has 1 aromatic heterocycles. The van der Waals surface area contributed by atoms with E-state index in [1.807, 2.05) is 0 Å². The van der Waals surface area contributed by atoms with Crippen molar-refractivity contribution in [3.05, 3.63) is 5.51 Å². The molecule has 1 unspecified atom stereocenters. The van der Waals surface area contributed by atoms with E-state index >= 15 is 0 Å². The predicted octanol–water partition coefficient (Wildman–Crippen LogP) is 2.33. The van der Waals surface area contributed by atoms with Gasteiger partial charge in [0, 0.05) is 5.75 Å². The Bertz CT molecular complexity index is 316. The number of halogens is 3. The van der Waals surface area contributed by atoms with Crippen LogP contribution in [0.25, 0.3) is 0 Å². The SMILES string of the molecule is N#CC(CSc1nncs1)C(F)(F)F. The predicted molar refractivity (Wildman–Crippen MR) is 45.8 cm³/mol. The van der Waals surface area contributed by atoms with Crippen LogP contribution >= 0.6 is 23.1 Å². The molecule has 1 heterocycles. The van der Waals surface area contributed by atoms with Crippen molar-refractivity contribution in [2.45, 2.75) is 10.5 Å². The number of nitriles is 1. The van der Waals surface area contributed by atoms with Crippen LogP contribution in [0.15, 0.2) is 9.85 Å². The van der Waals surface area contributed by atoms with Gasteiger partial charge in [0.1, 0.15) is 5.51 Å². The molecule has 0 aliphatic rings. The number of aromatic nitrogens is 2. The third-order valence-corrected chi connectivity index (χ3v) is 3.22. The molecule has 0 saturated heterocycles. The first kappa shape index (κ1) is 11.3. The first-order valence-corrected chi connectivity index (χ1v) is 5.26. The fourth-order valence-electron chi connectivity index (χ4n) is 0.585. The summed E-state index contributed by atoms with van der Waals surface area (Å²) < 4.78 is 36.7. The molecule has 76 valence electrons. The lowest BCUT2D eigenvalue weighted by Gasteiger charge is -2.10. The van der Waals surface area contributed by atoms with E-state index in [0.717, 1.165) is 23.1 Å². The highest BCUT2D eigenvalue weighted by molar-refractivity contribution is 8.01. The first-order chi connectivity index (χ1) is 6.54. The summed E-state index contributed by atoms with van der Waals surface area (Å²) >= 11 is 2.04. The highest BCUT2D eigenvalue weighted by atomic mass is 32.2. The van der Waals surface area contributed by atoms with E-state index < -0.39 is 12.1 Å². The molecule has 1 atom stereocenters. The number of hydrogen-bond donors (Lipinski definition) is 0. The van der Waals surface area contributed by atoms with Gasteiger partial charge in [0.25, 0.3) is 0 Å². The van der Waals surface area contributed by atoms with Crippen LogP contribution in [0, 0.1) is 17.2 Å². The smallest absolute Gasteiger partial charge is 0.198 e. The van der Waals surface area contributed by atoms with E-state index in [-0.39, 0.29) is 5.75 Å². The summed E-state index contributed by atoms with van der Waals surface area (Å²) in [5, 5.41) is 15.3. The number of nitrogens with zero attached hydrogens (tertiary/aromatic N) is 3. The number of hydrogen-bond acceptors (Lipinski definition) is 5. The second kappa shape index (κ2) is 4.61. The Hall–Kier alpha value is -0.810. The van der Waals surface area contributed by atoms with Gasteiger partial charge in [0.15, 0.2) is 10.3 Å². The highest BCUT2D eigenvalue weighted by Gasteiger charge is 2.39. The summed E-state index contributed by atoms with van der Waals surface area (Å²) in [6.45, 7) is 0. The van der Waals surface area contributed by atoms with Crippen molar-refractivity contribution in [2.24, 2.45) is 5.92 Å². The number of alkyl halides is 3. The Morgan fingerprint density at radius 3 is 2.79 bits per heavy atom. The lowest BCUT2D eigenvalue weighted by Crippen LogP contribution is -2.23. The summed E-state index contributed by atoms with van der Waals surface area (Å²) in [5.41, 5.74) is 1.43. The topological polar surface area (TPSA) is 49.6 Å². The van der Waals surface area contributed by atoms with Crippen LogP contribution in [-0.4, -0.2) is 22.1 Å². The van der Waals surface area contributed by atoms with E-state index in [1.165, 1.54) is 11.6 Å². The minimum Gasteiger partial charge on any atom is -0.198 e. The van der Waals surface area contributed by atoms with Gasteiger partial charge < -0.3 is 0 Å². The van der Waals surface area contributed by atoms with E-state index in [0.29, 0.717) is 4.34 Å². The van der Waals surface area contributed by atoms with E-state index in [1.54, 1.807) is 0 Å². The van der Waals surface area contributed by atoms with E-state index in [9.17, 15) is 13.2 Å². The molecule has 14 heavy (non-hydrogen) atoms. The van der Waals surface area contributed by atoms with Crippen LogP contribution in [0.3, 0.4) is 0 Å². The third kappa shape index (κ3) is 3.16. The molecule has 0 fully saturated rings. The monoisotopic (exact) mass is 239 g/mol. The molecule has 0 spiro atoms. The summed E-state index contributed by atoms with van der Waals surface area (Å²) in [4.78, 5) is 0. The Balaban J connectivity index is 2.48. The Morgan fingerprint density at radius 2 is 2.36 bits per heavy atom. The normalized spacial score (nSPS) is 13.6. The van der Waals surface area contributed by atoms with E-state index in [2.05, 4.69) is 10.2 Å². The van der Waals surface area contributed by atoms with Crippen LogP contribution in [0.1, 0.15) is 0 Å². The van der Waals surface area contributed by atoms with Crippen molar-refractivity contribution in [1.82, 2.24) is 10.2 Å². The Kier molecular flexibility index (Phi) is 3.71. The van der Waals surface area contributed by atoms with Crippen molar-refractivity contribution >= 4 is 23.1 Å². The summed E-state index contributed by atoms with van der Waals surface area (Å²) in [5.74, 6) is -2.29. The van der Waals surface area contributed by atoms with Crippen LogP contribution < -0.4 is 0 Å². The molecule has 0 bridgehead atoms. The van der Waals surface area contributed by atoms with Crippen LogP contribution in [0.4, 0.5) is 13.2 Å². The molecule has 1 rings (SSSR count). The molecule has 0 aliphatic carbocycles. The molecular formula is C6H4F3N3S2. The molecule has 0 aliphatic heterocycles. The summed E-state index contributed by atoms with van der Waals surface area (Å²) in [6, 6.07) is 1.22. The molecule has 0 N–H and O–H groups in total. The lowest BCUT2D eigenvalue weighted by atomic mass is 10.2. The zero-order valence-corrected chi connectivity index (χ0v) is 8.29. The molecule has 0 amide bonds. The summed E-state index contributed by atoms with van der Waals surface area (Å²) in [7, 11) is 0. The summed E-state index contributed by atoms with van der Waals surface area (Å²) in [6.07, 6.45) is -4.47. The van der Waals surface area contributed by atoms with Crippen LogP contribution in [0.5, 0.6) is 0 Å². The second-order valence-corrected chi connectivity index (χ2v) is 4.34. The lowest BCUT2D eigenvalue weighted by molar-refractivity contribution is -0.152. The van der Waals surface area contributed by atoms with Gasteiger partial charge in [-0.2, -0.15) is 18.4 Å². The van der Waals surface area contributed by atoms with Gasteiger partial charge >= 0.3 is 6.18 Å². The molecule has 0 radical (unpaired) electrons. The maximum Gasteiger partial charge on any atom is 0.405 e. The van der Waals surface area contributed by atoms with Crippen molar-refractivity contribution in [3.63, 3.8) is 0 Å². The quantitative estimate of drug-likeness (QED) is 0.759. The first-order valence-electron chi connectivity index (χ1n) is 3.39. The van der Waals surface area contributed by atoms with Gasteiger partial charge in [-0.3, -0.25) is 0 Å². The van der Waals surface area contributed by atoms with Gasteiger partial charge in [-0.05, 0) is 0 Å². The standard InChI is InChI=1S/C6H4F3N3S2/c7-6(8,9)4(1-10)2-13-5-12-11-3-14-5/h3-4H,2H2. The highest BCUT2D eigenvalue weighted by Crippen LogP contribution is 2.31. The maximum absolute atomic E-state index is 12.1. The van der Waals surface area contributed by atoms with Gasteiger partial charge in [-0.1, -0.05) is 23.1 Å². The Labute approximate surface area is 86.0 Å². The van der Waals surface area contributed by atoms with Gasteiger partial charge in [-0.25, -0.2) is 0 Å². The van der Waals surface area contributed by atoms with Gasteiger partial charge in [0.05, 0.1) is 6.07 Å². The maximum atomic E-state index is 12.1. The van der Waals surface area contributed by atoms with Crippen molar-refractivity contribution in [3.8, 4) is 6.07 Å². The molecule has 1 aromatic rings. The zero-order chi connectivity index (χ0) is 10.6.